The second-order valence-electron chi connectivity index (χ2n) is 11.0. The average Bonchev–Trinajstić information content (AvgIpc) is 3.24. The molecule has 2 fully saturated rings. The Morgan fingerprint density at radius 2 is 1.97 bits per heavy atom. The van der Waals surface area contributed by atoms with Gasteiger partial charge in [-0.25, -0.2) is 19.3 Å². The number of thiophene rings is 1. The topological polar surface area (TPSA) is 85.5 Å². The molecular weight excluding hydrogens is 472 g/mol. The van der Waals surface area contributed by atoms with E-state index in [0.717, 1.165) is 69.2 Å². The van der Waals surface area contributed by atoms with Gasteiger partial charge in [0, 0.05) is 11.4 Å². The molecular formula is C27H30N6O2S. The molecule has 1 amide bonds. The van der Waals surface area contributed by atoms with Gasteiger partial charge in [0.25, 0.3) is 0 Å². The largest absolute Gasteiger partial charge is 0.444 e. The van der Waals surface area contributed by atoms with Crippen LogP contribution in [-0.2, 0) is 4.74 Å². The van der Waals surface area contributed by atoms with Crippen molar-refractivity contribution in [2.45, 2.75) is 71.4 Å². The van der Waals surface area contributed by atoms with Gasteiger partial charge < -0.3 is 9.64 Å². The SMILES string of the molecule is Cc1cn2nc(-c3cnc4cc(/C=C5/CCN(C(=O)OC(C)(C)C)C6(CC6)C5)sc4n3)cc(C)c2n1. The van der Waals surface area contributed by atoms with E-state index in [1.807, 2.05) is 56.3 Å². The first kappa shape index (κ1) is 23.1. The van der Waals surface area contributed by atoms with Gasteiger partial charge in [0.2, 0.25) is 0 Å². The molecule has 1 aliphatic heterocycles. The van der Waals surface area contributed by atoms with Crippen LogP contribution in [0.2, 0.25) is 0 Å². The Kier molecular flexibility index (Phi) is 5.19. The molecule has 5 heterocycles. The third kappa shape index (κ3) is 4.25. The number of rotatable bonds is 2. The van der Waals surface area contributed by atoms with E-state index in [1.165, 1.54) is 5.57 Å². The molecule has 8 nitrogen and oxygen atoms in total. The van der Waals surface area contributed by atoms with E-state index in [9.17, 15) is 4.79 Å². The minimum Gasteiger partial charge on any atom is -0.444 e. The zero-order valence-corrected chi connectivity index (χ0v) is 22.1. The summed E-state index contributed by atoms with van der Waals surface area (Å²) in [6.45, 7) is 10.5. The summed E-state index contributed by atoms with van der Waals surface area (Å²) in [6, 6.07) is 4.12. The number of carbonyl (C=O) groups excluding carboxylic acids is 1. The van der Waals surface area contributed by atoms with Crippen LogP contribution in [0.25, 0.3) is 33.5 Å². The van der Waals surface area contributed by atoms with Crippen molar-refractivity contribution in [3.63, 3.8) is 0 Å². The molecule has 0 atom stereocenters. The standard InChI is InChI=1S/C27H30N6O2S/c1-16-10-20(31-33-15-17(2)29-23(16)33)22-14-28-21-12-19(36-24(21)30-22)11-18-6-9-32(27(13-18)7-8-27)25(34)35-26(3,4)5/h10-12,14-15H,6-9,13H2,1-5H3/b18-11-. The molecule has 4 aromatic heterocycles. The second-order valence-corrected chi connectivity index (χ2v) is 12.1. The molecule has 1 saturated heterocycles. The van der Waals surface area contributed by atoms with Gasteiger partial charge in [0.05, 0.1) is 23.6 Å². The van der Waals surface area contributed by atoms with E-state index in [-0.39, 0.29) is 11.6 Å². The Labute approximate surface area is 214 Å². The number of imidazole rings is 1. The van der Waals surface area contributed by atoms with Crippen LogP contribution in [0.1, 0.15) is 62.6 Å². The highest BCUT2D eigenvalue weighted by atomic mass is 32.1. The van der Waals surface area contributed by atoms with E-state index in [2.05, 4.69) is 22.1 Å². The average molecular weight is 503 g/mol. The highest BCUT2D eigenvalue weighted by Crippen LogP contribution is 2.50. The lowest BCUT2D eigenvalue weighted by Gasteiger charge is -2.38. The van der Waals surface area contributed by atoms with Gasteiger partial charge in [0.1, 0.15) is 27.3 Å². The molecule has 4 aromatic rings. The first-order valence-corrected chi connectivity index (χ1v) is 13.2. The van der Waals surface area contributed by atoms with Crippen molar-refractivity contribution in [2.75, 3.05) is 6.54 Å². The number of hydrogen-bond donors (Lipinski definition) is 0. The number of hydrogen-bond acceptors (Lipinski definition) is 7. The molecule has 6 rings (SSSR count). The van der Waals surface area contributed by atoms with Gasteiger partial charge in [-0.3, -0.25) is 4.98 Å². The molecule has 0 radical (unpaired) electrons. The molecule has 36 heavy (non-hydrogen) atoms. The maximum atomic E-state index is 12.8. The first-order valence-electron chi connectivity index (χ1n) is 12.4. The Balaban J connectivity index is 1.24. The first-order chi connectivity index (χ1) is 17.1. The molecule has 0 aromatic carbocycles. The fourth-order valence-electron chi connectivity index (χ4n) is 5.01. The Bertz CT molecular complexity index is 1540. The second kappa shape index (κ2) is 8.09. The molecule has 1 saturated carbocycles. The number of fused-ring (bicyclic) bond motifs is 2. The monoisotopic (exact) mass is 502 g/mol. The van der Waals surface area contributed by atoms with E-state index < -0.39 is 5.60 Å². The van der Waals surface area contributed by atoms with E-state index in [4.69, 9.17) is 14.8 Å². The van der Waals surface area contributed by atoms with Crippen LogP contribution < -0.4 is 0 Å². The minimum atomic E-state index is -0.475. The predicted octanol–water partition coefficient (Wildman–Crippen LogP) is 5.96. The smallest absolute Gasteiger partial charge is 0.410 e. The quantitative estimate of drug-likeness (QED) is 0.336. The number of nitrogens with zero attached hydrogens (tertiary/aromatic N) is 6. The fourth-order valence-corrected chi connectivity index (χ4v) is 5.99. The molecule has 9 heteroatoms. The summed E-state index contributed by atoms with van der Waals surface area (Å²) in [5.41, 5.74) is 6.10. The summed E-state index contributed by atoms with van der Waals surface area (Å²) in [7, 11) is 0. The minimum absolute atomic E-state index is 0.0688. The van der Waals surface area contributed by atoms with Crippen LogP contribution in [0.5, 0.6) is 0 Å². The van der Waals surface area contributed by atoms with E-state index >= 15 is 0 Å². The van der Waals surface area contributed by atoms with Crippen LogP contribution in [-0.4, -0.2) is 53.2 Å². The van der Waals surface area contributed by atoms with Gasteiger partial charge in [-0.05, 0) is 84.1 Å². The normalized spacial score (nSPS) is 18.5. The molecule has 1 aliphatic carbocycles. The number of aromatic nitrogens is 5. The van der Waals surface area contributed by atoms with Gasteiger partial charge in [-0.15, -0.1) is 11.3 Å². The van der Waals surface area contributed by atoms with Crippen LogP contribution in [0.4, 0.5) is 4.79 Å². The number of piperidine rings is 1. The van der Waals surface area contributed by atoms with Crippen LogP contribution >= 0.6 is 11.3 Å². The third-order valence-corrected chi connectivity index (χ3v) is 7.79. The number of likely N-dealkylation sites (tertiary alicyclic amines) is 1. The lowest BCUT2D eigenvalue weighted by Crippen LogP contribution is -2.48. The molecule has 2 aliphatic rings. The Hall–Kier alpha value is -3.33. The number of carbonyl (C=O) groups is 1. The summed E-state index contributed by atoms with van der Waals surface area (Å²) >= 11 is 1.65. The van der Waals surface area contributed by atoms with Crippen molar-refractivity contribution < 1.29 is 9.53 Å². The van der Waals surface area contributed by atoms with Crippen molar-refractivity contribution in [1.29, 1.82) is 0 Å². The number of aryl methyl sites for hydroxylation is 2. The zero-order valence-electron chi connectivity index (χ0n) is 21.3. The number of amides is 1. The van der Waals surface area contributed by atoms with Gasteiger partial charge in [0.15, 0.2) is 5.65 Å². The van der Waals surface area contributed by atoms with Gasteiger partial charge in [-0.2, -0.15) is 5.10 Å². The van der Waals surface area contributed by atoms with Gasteiger partial charge >= 0.3 is 6.09 Å². The Morgan fingerprint density at radius 1 is 1.17 bits per heavy atom. The van der Waals surface area contributed by atoms with Crippen LogP contribution in [0.3, 0.4) is 0 Å². The maximum Gasteiger partial charge on any atom is 0.410 e. The highest BCUT2D eigenvalue weighted by molar-refractivity contribution is 7.19. The molecule has 186 valence electrons. The van der Waals surface area contributed by atoms with Crippen molar-refractivity contribution in [3.8, 4) is 11.4 Å². The third-order valence-electron chi connectivity index (χ3n) is 6.83. The van der Waals surface area contributed by atoms with Crippen molar-refractivity contribution >= 4 is 39.5 Å². The summed E-state index contributed by atoms with van der Waals surface area (Å²) in [4.78, 5) is 30.9. The lowest BCUT2D eigenvalue weighted by molar-refractivity contribution is 0.00984. The molecule has 0 bridgehead atoms. The molecule has 0 N–H and O–H groups in total. The van der Waals surface area contributed by atoms with Crippen LogP contribution in [0.15, 0.2) is 30.1 Å². The van der Waals surface area contributed by atoms with Gasteiger partial charge in [-0.1, -0.05) is 5.57 Å². The van der Waals surface area contributed by atoms with Crippen molar-refractivity contribution in [2.24, 2.45) is 0 Å². The highest BCUT2D eigenvalue weighted by Gasteiger charge is 2.53. The summed E-state index contributed by atoms with van der Waals surface area (Å²) in [6.07, 6.45) is 9.63. The predicted molar refractivity (Wildman–Crippen MR) is 141 cm³/mol. The summed E-state index contributed by atoms with van der Waals surface area (Å²) in [5.74, 6) is 0. The zero-order chi connectivity index (χ0) is 25.2. The molecule has 1 spiro atoms. The van der Waals surface area contributed by atoms with E-state index in [0.29, 0.717) is 6.54 Å². The summed E-state index contributed by atoms with van der Waals surface area (Å²) < 4.78 is 7.48. The van der Waals surface area contributed by atoms with Crippen LogP contribution in [0, 0.1) is 13.8 Å². The Morgan fingerprint density at radius 3 is 2.72 bits per heavy atom. The van der Waals surface area contributed by atoms with Crippen molar-refractivity contribution in [1.82, 2.24) is 29.5 Å². The number of ether oxygens (including phenoxy) is 1. The maximum absolute atomic E-state index is 12.8. The van der Waals surface area contributed by atoms with Crippen molar-refractivity contribution in [3.05, 3.63) is 46.2 Å². The lowest BCUT2D eigenvalue weighted by atomic mass is 9.94. The molecule has 0 unspecified atom stereocenters. The van der Waals surface area contributed by atoms with E-state index in [1.54, 1.807) is 17.5 Å². The fraction of sp³-hybridized carbons (Fsp3) is 0.444. The summed E-state index contributed by atoms with van der Waals surface area (Å²) in [5, 5.41) is 4.70.